The van der Waals surface area contributed by atoms with Crippen molar-refractivity contribution in [2.45, 2.75) is 51.7 Å². The van der Waals surface area contributed by atoms with Crippen LogP contribution in [0.5, 0.6) is 0 Å². The van der Waals surface area contributed by atoms with Gasteiger partial charge in [0.1, 0.15) is 5.82 Å². The molecule has 0 radical (unpaired) electrons. The monoisotopic (exact) mass is 363 g/mol. The van der Waals surface area contributed by atoms with Crippen LogP contribution in [0, 0.1) is 11.7 Å². The Morgan fingerprint density at radius 1 is 1.31 bits per heavy atom. The number of carbonyl (C=O) groups excluding carboxylic acids is 1. The number of methoxy groups -OCH3 is 1. The number of esters is 1. The van der Waals surface area contributed by atoms with Gasteiger partial charge in [0.2, 0.25) is 0 Å². The highest BCUT2D eigenvalue weighted by Gasteiger charge is 2.52. The predicted molar refractivity (Wildman–Crippen MR) is 99.1 cm³/mol. The molecule has 5 nitrogen and oxygen atoms in total. The van der Waals surface area contributed by atoms with Crippen molar-refractivity contribution < 1.29 is 23.2 Å². The first-order valence-electron chi connectivity index (χ1n) is 9.10. The third-order valence-electron chi connectivity index (χ3n) is 5.83. The fraction of sp³-hybridized carbons (Fsp3) is 0.632. The Bertz CT molecular complexity index is 678. The van der Waals surface area contributed by atoms with E-state index in [1.165, 1.54) is 13.2 Å². The van der Waals surface area contributed by atoms with Crippen LogP contribution in [0.25, 0.3) is 0 Å². The van der Waals surface area contributed by atoms with Crippen LogP contribution in [0.1, 0.15) is 40.5 Å². The zero-order valence-electron chi connectivity index (χ0n) is 16.2. The van der Waals surface area contributed by atoms with E-state index in [0.717, 1.165) is 25.2 Å². The number of nitrogens with zero attached hydrogens (tertiary/aromatic N) is 1. The van der Waals surface area contributed by atoms with Crippen LogP contribution in [0.4, 0.5) is 10.1 Å². The molecule has 0 aromatic heterocycles. The molecule has 2 fully saturated rings. The maximum absolute atomic E-state index is 14.8. The molecule has 2 heterocycles. The zero-order valence-corrected chi connectivity index (χ0v) is 16.2. The van der Waals surface area contributed by atoms with E-state index in [9.17, 15) is 9.18 Å². The van der Waals surface area contributed by atoms with Gasteiger partial charge in [0.25, 0.3) is 0 Å². The number of anilines is 1. The Balaban J connectivity index is 1.70. The lowest BCUT2D eigenvalue weighted by Crippen LogP contribution is -2.41. The van der Waals surface area contributed by atoms with Gasteiger partial charge in [-0.1, -0.05) is 6.07 Å². The Morgan fingerprint density at radius 2 is 1.96 bits per heavy atom. The number of hydrogen-bond acceptors (Lipinski definition) is 5. The first-order valence-corrected chi connectivity index (χ1v) is 9.10. The molecule has 1 aromatic rings. The van der Waals surface area contributed by atoms with Crippen molar-refractivity contribution in [1.82, 2.24) is 0 Å². The molecule has 0 bridgehead atoms. The number of ether oxygens (including phenoxy) is 1. The highest BCUT2D eigenvalue weighted by molar-refractivity contribution is 6.62. The highest BCUT2D eigenvalue weighted by Crippen LogP contribution is 2.37. The number of carbonyl (C=O) groups is 1. The summed E-state index contributed by atoms with van der Waals surface area (Å²) in [7, 11) is 0.693. The average molecular weight is 363 g/mol. The summed E-state index contributed by atoms with van der Waals surface area (Å²) < 4.78 is 31.4. The molecule has 3 rings (SSSR count). The molecule has 2 saturated heterocycles. The first kappa shape index (κ1) is 19.2. The van der Waals surface area contributed by atoms with Crippen molar-refractivity contribution >= 4 is 24.2 Å². The summed E-state index contributed by atoms with van der Waals surface area (Å²) in [5.74, 6) is -0.287. The summed E-state index contributed by atoms with van der Waals surface area (Å²) in [6, 6.07) is 5.16. The second-order valence-corrected chi connectivity index (χ2v) is 8.18. The molecule has 0 aliphatic carbocycles. The summed E-state index contributed by atoms with van der Waals surface area (Å²) in [4.78, 5) is 13.5. The molecular weight excluding hydrogens is 336 g/mol. The minimum absolute atomic E-state index is 0.195. The van der Waals surface area contributed by atoms with Crippen molar-refractivity contribution in [3.63, 3.8) is 0 Å². The summed E-state index contributed by atoms with van der Waals surface area (Å²) in [6.07, 6.45) is 1.30. The molecule has 0 spiro atoms. The quantitative estimate of drug-likeness (QED) is 0.608. The Labute approximate surface area is 154 Å². The highest BCUT2D eigenvalue weighted by atomic mass is 19.1. The van der Waals surface area contributed by atoms with Crippen LogP contribution < -0.4 is 10.4 Å². The SMILES string of the molecule is COC(=O)CC1CCN(c2ccc(B3OC(C)(C)C(C)(C)O3)c(F)c2)C1. The van der Waals surface area contributed by atoms with E-state index in [-0.39, 0.29) is 17.7 Å². The van der Waals surface area contributed by atoms with Crippen LogP contribution in [0.2, 0.25) is 0 Å². The number of hydrogen-bond donors (Lipinski definition) is 0. The molecule has 1 unspecified atom stereocenters. The third kappa shape index (κ3) is 3.60. The molecule has 0 saturated carbocycles. The number of benzene rings is 1. The van der Waals surface area contributed by atoms with E-state index < -0.39 is 18.3 Å². The average Bonchev–Trinajstić information content (AvgIpc) is 3.09. The van der Waals surface area contributed by atoms with Gasteiger partial charge >= 0.3 is 13.1 Å². The van der Waals surface area contributed by atoms with Gasteiger partial charge in [0, 0.05) is 24.2 Å². The van der Waals surface area contributed by atoms with Crippen molar-refractivity contribution in [3.8, 4) is 0 Å². The smallest absolute Gasteiger partial charge is 0.469 e. The Kier molecular flexibility index (Phi) is 5.05. The zero-order chi connectivity index (χ0) is 19.1. The summed E-state index contributed by atoms with van der Waals surface area (Å²) in [6.45, 7) is 9.33. The molecule has 2 aliphatic heterocycles. The molecule has 1 aromatic carbocycles. The van der Waals surface area contributed by atoms with Crippen LogP contribution in [-0.2, 0) is 18.8 Å². The van der Waals surface area contributed by atoms with Crippen LogP contribution in [0.15, 0.2) is 18.2 Å². The minimum atomic E-state index is -0.709. The van der Waals surface area contributed by atoms with Gasteiger partial charge in [-0.3, -0.25) is 4.79 Å². The van der Waals surface area contributed by atoms with Crippen molar-refractivity contribution in [2.24, 2.45) is 5.92 Å². The van der Waals surface area contributed by atoms with Crippen LogP contribution in [0.3, 0.4) is 0 Å². The van der Waals surface area contributed by atoms with E-state index in [1.54, 1.807) is 6.07 Å². The minimum Gasteiger partial charge on any atom is -0.469 e. The van der Waals surface area contributed by atoms with Gasteiger partial charge in [-0.05, 0) is 52.2 Å². The maximum Gasteiger partial charge on any atom is 0.497 e. The lowest BCUT2D eigenvalue weighted by Gasteiger charge is -2.32. The van der Waals surface area contributed by atoms with Gasteiger partial charge in [-0.25, -0.2) is 4.39 Å². The lowest BCUT2D eigenvalue weighted by atomic mass is 9.78. The number of rotatable bonds is 4. The lowest BCUT2D eigenvalue weighted by molar-refractivity contribution is -0.141. The van der Waals surface area contributed by atoms with Gasteiger partial charge in [-0.15, -0.1) is 0 Å². The molecule has 2 aliphatic rings. The summed E-state index contributed by atoms with van der Waals surface area (Å²) in [5, 5.41) is 0. The fourth-order valence-electron chi connectivity index (χ4n) is 3.43. The van der Waals surface area contributed by atoms with Gasteiger partial charge in [0.15, 0.2) is 0 Å². The topological polar surface area (TPSA) is 48.0 Å². The van der Waals surface area contributed by atoms with Crippen molar-refractivity contribution in [2.75, 3.05) is 25.1 Å². The van der Waals surface area contributed by atoms with Crippen LogP contribution in [-0.4, -0.2) is 44.5 Å². The van der Waals surface area contributed by atoms with Crippen molar-refractivity contribution in [1.29, 1.82) is 0 Å². The van der Waals surface area contributed by atoms with Gasteiger partial charge < -0.3 is 18.9 Å². The van der Waals surface area contributed by atoms with Gasteiger partial charge in [-0.2, -0.15) is 0 Å². The predicted octanol–water partition coefficient (Wildman–Crippen LogP) is 2.51. The Morgan fingerprint density at radius 3 is 2.54 bits per heavy atom. The molecular formula is C19H27BFNO4. The molecule has 1 atom stereocenters. The van der Waals surface area contributed by atoms with E-state index in [2.05, 4.69) is 4.90 Å². The van der Waals surface area contributed by atoms with E-state index in [1.807, 2.05) is 33.8 Å². The molecule has 26 heavy (non-hydrogen) atoms. The maximum atomic E-state index is 14.8. The van der Waals surface area contributed by atoms with E-state index in [4.69, 9.17) is 14.0 Å². The third-order valence-corrected chi connectivity index (χ3v) is 5.83. The van der Waals surface area contributed by atoms with E-state index in [0.29, 0.717) is 11.9 Å². The van der Waals surface area contributed by atoms with Crippen molar-refractivity contribution in [3.05, 3.63) is 24.0 Å². The first-order chi connectivity index (χ1) is 12.1. The standard InChI is InChI=1S/C19H27BFNO4/c1-18(2)19(3,4)26-20(25-18)15-7-6-14(11-16(15)21)22-9-8-13(12-22)10-17(23)24-5/h6-7,11,13H,8-10,12H2,1-5H3. The summed E-state index contributed by atoms with van der Waals surface area (Å²) in [5.41, 5.74) is 0.227. The van der Waals surface area contributed by atoms with Gasteiger partial charge in [0.05, 0.1) is 24.7 Å². The second kappa shape index (κ2) is 6.85. The molecule has 7 heteroatoms. The Hall–Kier alpha value is -1.60. The number of halogens is 1. The fourth-order valence-corrected chi connectivity index (χ4v) is 3.43. The largest absolute Gasteiger partial charge is 0.497 e. The molecule has 142 valence electrons. The summed E-state index contributed by atoms with van der Waals surface area (Å²) >= 11 is 0. The van der Waals surface area contributed by atoms with E-state index >= 15 is 0 Å². The normalized spacial score (nSPS) is 24.2. The molecule has 0 N–H and O–H groups in total. The molecule has 0 amide bonds. The van der Waals surface area contributed by atoms with Crippen LogP contribution >= 0.6 is 0 Å². The second-order valence-electron chi connectivity index (χ2n) is 8.18.